The SMILES string of the molecule is C[C@@H]1C(=O)O[C@H]2[C@H]1CC[C@]1(C)Cc3sc(NC(=O)c4cccs4)nc3[C@@H](C)[C@H]21. The van der Waals surface area contributed by atoms with Crippen molar-refractivity contribution in [1.29, 1.82) is 0 Å². The molecule has 2 aromatic heterocycles. The van der Waals surface area contributed by atoms with E-state index in [1.807, 2.05) is 24.4 Å². The number of hydrogen-bond donors (Lipinski definition) is 1. The molecule has 1 amide bonds. The summed E-state index contributed by atoms with van der Waals surface area (Å²) >= 11 is 3.03. The van der Waals surface area contributed by atoms with Gasteiger partial charge < -0.3 is 4.74 Å². The van der Waals surface area contributed by atoms with Crippen LogP contribution in [0.2, 0.25) is 0 Å². The average molecular weight is 417 g/mol. The van der Waals surface area contributed by atoms with Crippen molar-refractivity contribution >= 4 is 39.7 Å². The van der Waals surface area contributed by atoms with Crippen molar-refractivity contribution in [2.75, 3.05) is 5.32 Å². The van der Waals surface area contributed by atoms with Crippen LogP contribution >= 0.6 is 22.7 Å². The average Bonchev–Trinajstić information content (AvgIpc) is 3.35. The normalized spacial score (nSPS) is 36.2. The van der Waals surface area contributed by atoms with E-state index in [-0.39, 0.29) is 41.1 Å². The third kappa shape index (κ3) is 2.66. The number of nitrogens with zero attached hydrogens (tertiary/aromatic N) is 1. The standard InChI is InChI=1S/C21H24N2O3S2/c1-10-12-6-7-21(3)9-14-16(11(2)15(21)17(12)26-19(10)25)22-20(28-14)23-18(24)13-5-4-8-27-13/h4-5,8,10-12,15,17H,6-7,9H2,1-3H3,(H,22,23,24)/t10-,11-,12-,15+,17-,21+/m0/s1. The lowest BCUT2D eigenvalue weighted by Gasteiger charge is -2.51. The molecule has 148 valence electrons. The molecule has 3 heterocycles. The molecule has 5 nitrogen and oxygen atoms in total. The smallest absolute Gasteiger partial charge is 0.309 e. The van der Waals surface area contributed by atoms with E-state index in [4.69, 9.17) is 9.72 Å². The molecule has 0 unspecified atom stereocenters. The zero-order chi connectivity index (χ0) is 19.6. The lowest BCUT2D eigenvalue weighted by molar-refractivity contribution is -0.149. The third-order valence-corrected chi connectivity index (χ3v) is 8.98. The van der Waals surface area contributed by atoms with Gasteiger partial charge in [0.25, 0.3) is 5.91 Å². The van der Waals surface area contributed by atoms with Crippen molar-refractivity contribution in [3.05, 3.63) is 33.0 Å². The Labute approximate surface area is 172 Å². The zero-order valence-electron chi connectivity index (χ0n) is 16.2. The van der Waals surface area contributed by atoms with Crippen LogP contribution < -0.4 is 5.32 Å². The Morgan fingerprint density at radius 1 is 1.36 bits per heavy atom. The van der Waals surface area contributed by atoms with Gasteiger partial charge >= 0.3 is 5.97 Å². The van der Waals surface area contributed by atoms with Gasteiger partial charge in [-0.05, 0) is 36.1 Å². The molecule has 1 saturated carbocycles. The number of hydrogen-bond acceptors (Lipinski definition) is 6. The fourth-order valence-corrected chi connectivity index (χ4v) is 7.58. The highest BCUT2D eigenvalue weighted by molar-refractivity contribution is 7.16. The van der Waals surface area contributed by atoms with E-state index in [0.29, 0.717) is 15.9 Å². The molecule has 1 N–H and O–H groups in total. The van der Waals surface area contributed by atoms with Gasteiger partial charge in [0.05, 0.1) is 16.5 Å². The van der Waals surface area contributed by atoms with Crippen molar-refractivity contribution in [3.63, 3.8) is 0 Å². The molecular formula is C21H24N2O3S2. The molecule has 2 fully saturated rings. The van der Waals surface area contributed by atoms with Crippen molar-refractivity contribution in [3.8, 4) is 0 Å². The molecule has 7 heteroatoms. The fourth-order valence-electron chi connectivity index (χ4n) is 5.70. The van der Waals surface area contributed by atoms with Gasteiger partial charge in [0.1, 0.15) is 6.10 Å². The van der Waals surface area contributed by atoms with Crippen LogP contribution in [-0.2, 0) is 16.0 Å². The van der Waals surface area contributed by atoms with E-state index in [1.54, 1.807) is 11.3 Å². The summed E-state index contributed by atoms with van der Waals surface area (Å²) in [6.07, 6.45) is 3.10. The molecule has 1 aliphatic heterocycles. The minimum absolute atomic E-state index is 0.000717. The topological polar surface area (TPSA) is 68.3 Å². The lowest BCUT2D eigenvalue weighted by Crippen LogP contribution is -2.50. The lowest BCUT2D eigenvalue weighted by atomic mass is 9.54. The van der Waals surface area contributed by atoms with Crippen molar-refractivity contribution in [2.24, 2.45) is 23.2 Å². The molecule has 0 aromatic carbocycles. The summed E-state index contributed by atoms with van der Waals surface area (Å²) in [6.45, 7) is 6.56. The van der Waals surface area contributed by atoms with Gasteiger partial charge in [0.2, 0.25) is 0 Å². The quantitative estimate of drug-likeness (QED) is 0.720. The first-order chi connectivity index (χ1) is 13.4. The number of carbonyl (C=O) groups excluding carboxylic acids is 2. The van der Waals surface area contributed by atoms with Crippen LogP contribution in [0, 0.1) is 23.2 Å². The molecule has 5 rings (SSSR count). The number of carbonyl (C=O) groups is 2. The zero-order valence-corrected chi connectivity index (χ0v) is 17.9. The number of nitrogens with one attached hydrogen (secondary N) is 1. The maximum Gasteiger partial charge on any atom is 0.309 e. The number of esters is 1. The van der Waals surface area contributed by atoms with Crippen LogP contribution in [0.1, 0.15) is 59.8 Å². The summed E-state index contributed by atoms with van der Waals surface area (Å²) in [7, 11) is 0. The number of ether oxygens (including phenoxy) is 1. The van der Waals surface area contributed by atoms with Crippen LogP contribution in [0.25, 0.3) is 0 Å². The van der Waals surface area contributed by atoms with Crippen LogP contribution in [0.3, 0.4) is 0 Å². The molecule has 0 spiro atoms. The largest absolute Gasteiger partial charge is 0.461 e. The molecule has 2 aromatic rings. The Kier molecular flexibility index (Phi) is 4.18. The van der Waals surface area contributed by atoms with E-state index in [1.165, 1.54) is 16.2 Å². The molecule has 3 aliphatic rings. The van der Waals surface area contributed by atoms with E-state index in [2.05, 4.69) is 19.2 Å². The highest BCUT2D eigenvalue weighted by Crippen LogP contribution is 2.59. The van der Waals surface area contributed by atoms with Gasteiger partial charge in [-0.1, -0.05) is 26.8 Å². The second-order valence-electron chi connectivity index (χ2n) is 8.80. The maximum absolute atomic E-state index is 12.4. The third-order valence-electron chi connectivity index (χ3n) is 7.12. The Balaban J connectivity index is 1.45. The van der Waals surface area contributed by atoms with E-state index in [0.717, 1.165) is 25.0 Å². The van der Waals surface area contributed by atoms with Gasteiger partial charge in [-0.25, -0.2) is 4.98 Å². The van der Waals surface area contributed by atoms with Crippen molar-refractivity contribution in [1.82, 2.24) is 4.98 Å². The second-order valence-corrected chi connectivity index (χ2v) is 10.8. The Morgan fingerprint density at radius 3 is 2.93 bits per heavy atom. The molecule has 6 atom stereocenters. The number of fused-ring (bicyclic) bond motifs is 4. The Hall–Kier alpha value is -1.73. The predicted molar refractivity (Wildman–Crippen MR) is 110 cm³/mol. The summed E-state index contributed by atoms with van der Waals surface area (Å²) in [4.78, 5) is 31.4. The van der Waals surface area contributed by atoms with Gasteiger partial charge in [-0.2, -0.15) is 0 Å². The molecular weight excluding hydrogens is 392 g/mol. The summed E-state index contributed by atoms with van der Waals surface area (Å²) in [5.74, 6) is 0.680. The van der Waals surface area contributed by atoms with Gasteiger partial charge in [-0.15, -0.1) is 22.7 Å². The monoisotopic (exact) mass is 416 g/mol. The molecule has 2 aliphatic carbocycles. The molecule has 0 radical (unpaired) electrons. The van der Waals surface area contributed by atoms with E-state index >= 15 is 0 Å². The number of rotatable bonds is 2. The summed E-state index contributed by atoms with van der Waals surface area (Å²) < 4.78 is 5.89. The minimum atomic E-state index is -0.101. The van der Waals surface area contributed by atoms with Crippen molar-refractivity contribution < 1.29 is 14.3 Å². The maximum atomic E-state index is 12.4. The van der Waals surface area contributed by atoms with Gasteiger partial charge in [-0.3, -0.25) is 14.9 Å². The second kappa shape index (κ2) is 6.39. The highest BCUT2D eigenvalue weighted by Gasteiger charge is 2.58. The van der Waals surface area contributed by atoms with E-state index < -0.39 is 0 Å². The summed E-state index contributed by atoms with van der Waals surface area (Å²) in [5, 5.41) is 5.54. The first-order valence-corrected chi connectivity index (χ1v) is 11.6. The summed E-state index contributed by atoms with van der Waals surface area (Å²) in [5.41, 5.74) is 1.18. The highest BCUT2D eigenvalue weighted by atomic mass is 32.1. The number of anilines is 1. The Bertz CT molecular complexity index is 938. The number of thiazole rings is 1. The van der Waals surface area contributed by atoms with E-state index in [9.17, 15) is 9.59 Å². The first kappa shape index (κ1) is 18.3. The number of aromatic nitrogens is 1. The number of thiophene rings is 1. The van der Waals surface area contributed by atoms with Crippen LogP contribution in [0.4, 0.5) is 5.13 Å². The van der Waals surface area contributed by atoms with Gasteiger partial charge in [0, 0.05) is 22.6 Å². The summed E-state index contributed by atoms with van der Waals surface area (Å²) in [6, 6.07) is 3.70. The van der Waals surface area contributed by atoms with Crippen molar-refractivity contribution in [2.45, 2.75) is 52.1 Å². The van der Waals surface area contributed by atoms with Crippen LogP contribution in [0.5, 0.6) is 0 Å². The number of amides is 1. The fraction of sp³-hybridized carbons (Fsp3) is 0.571. The first-order valence-electron chi connectivity index (χ1n) is 9.92. The molecule has 1 saturated heterocycles. The van der Waals surface area contributed by atoms with Crippen LogP contribution in [-0.4, -0.2) is 23.0 Å². The van der Waals surface area contributed by atoms with Crippen LogP contribution in [0.15, 0.2) is 17.5 Å². The Morgan fingerprint density at radius 2 is 2.18 bits per heavy atom. The molecule has 28 heavy (non-hydrogen) atoms. The minimum Gasteiger partial charge on any atom is -0.461 e. The molecule has 0 bridgehead atoms. The predicted octanol–water partition coefficient (Wildman–Crippen LogP) is 4.71. The van der Waals surface area contributed by atoms with Gasteiger partial charge in [0.15, 0.2) is 5.13 Å².